The number of hydrogen-bond acceptors (Lipinski definition) is 2. The summed E-state index contributed by atoms with van der Waals surface area (Å²) in [6.45, 7) is 2.10. The van der Waals surface area contributed by atoms with Gasteiger partial charge in [-0.25, -0.2) is 0 Å². The normalized spacial score (nSPS) is 45.6. The zero-order valence-electron chi connectivity index (χ0n) is 7.53. The quantitative estimate of drug-likeness (QED) is 0.582. The molecule has 3 unspecified atom stereocenters. The maximum atomic E-state index is 6.01. The van der Waals surface area contributed by atoms with Crippen molar-refractivity contribution in [1.29, 1.82) is 0 Å². The Balaban J connectivity index is 1.93. The third kappa shape index (κ3) is 1.47. The summed E-state index contributed by atoms with van der Waals surface area (Å²) in [5.74, 6) is -0.824. The second kappa shape index (κ2) is 3.28. The molecule has 3 atom stereocenters. The zero-order valence-corrected chi connectivity index (χ0v) is 10.6. The summed E-state index contributed by atoms with van der Waals surface area (Å²) in [4.78, 5) is 0. The number of unbranched alkanes of at least 4 members (excludes halogenated alkanes) is 1. The van der Waals surface area contributed by atoms with Crippen LogP contribution < -0.4 is 0 Å². The molecule has 2 nitrogen and oxygen atoms in total. The largest absolute Gasteiger partial charge is 0.335 e. The Bertz CT molecular complexity index is 254. The summed E-state index contributed by atoms with van der Waals surface area (Å²) in [7, 11) is 0. The molecule has 2 aliphatic heterocycles. The number of rotatable bonds is 3. The minimum atomic E-state index is -1.64. The molecule has 0 N–H and O–H groups in total. The first-order valence-electron chi connectivity index (χ1n) is 4.51. The van der Waals surface area contributed by atoms with E-state index in [4.69, 9.17) is 55.9 Å². The van der Waals surface area contributed by atoms with E-state index in [2.05, 4.69) is 6.92 Å². The van der Waals surface area contributed by atoms with Gasteiger partial charge in [0.1, 0.15) is 6.10 Å². The van der Waals surface area contributed by atoms with E-state index in [1.807, 2.05) is 0 Å². The molecule has 2 rings (SSSR count). The Hall–Kier alpha value is 1.08. The lowest BCUT2D eigenvalue weighted by Crippen LogP contribution is -2.27. The third-order valence-corrected chi connectivity index (χ3v) is 4.28. The summed E-state index contributed by atoms with van der Waals surface area (Å²) >= 11 is 23.1. The van der Waals surface area contributed by atoms with E-state index in [1.54, 1.807) is 0 Å². The Morgan fingerprint density at radius 2 is 2.00 bits per heavy atom. The molecule has 0 aromatic heterocycles. The molecule has 0 saturated carbocycles. The minimum Gasteiger partial charge on any atom is -0.335 e. The average molecular weight is 280 g/mol. The first-order valence-corrected chi connectivity index (χ1v) is 6.02. The Morgan fingerprint density at radius 1 is 1.36 bits per heavy atom. The summed E-state index contributed by atoms with van der Waals surface area (Å²) in [6, 6.07) is 0. The lowest BCUT2D eigenvalue weighted by Gasteiger charge is -2.12. The molecule has 0 aliphatic carbocycles. The van der Waals surface area contributed by atoms with Crippen LogP contribution in [0.15, 0.2) is 0 Å². The Kier molecular flexibility index (Phi) is 2.71. The highest BCUT2D eigenvalue weighted by Gasteiger charge is 2.91. The van der Waals surface area contributed by atoms with Gasteiger partial charge in [-0.3, -0.25) is 0 Å². The van der Waals surface area contributed by atoms with Gasteiger partial charge in [-0.2, -0.15) is 0 Å². The van der Waals surface area contributed by atoms with Crippen molar-refractivity contribution in [3.05, 3.63) is 0 Å². The van der Waals surface area contributed by atoms with Crippen molar-refractivity contribution in [2.45, 2.75) is 46.9 Å². The fourth-order valence-corrected chi connectivity index (χ4v) is 2.42. The van der Waals surface area contributed by atoms with Crippen molar-refractivity contribution in [2.24, 2.45) is 0 Å². The van der Waals surface area contributed by atoms with Crippen molar-refractivity contribution >= 4 is 46.4 Å². The van der Waals surface area contributed by atoms with Crippen LogP contribution in [0, 0.1) is 0 Å². The van der Waals surface area contributed by atoms with Gasteiger partial charge in [-0.1, -0.05) is 66.2 Å². The maximum absolute atomic E-state index is 6.01. The van der Waals surface area contributed by atoms with E-state index in [-0.39, 0.29) is 6.10 Å². The lowest BCUT2D eigenvalue weighted by molar-refractivity contribution is 0.245. The SMILES string of the molecule is CCCCC1OC12OC2(Cl)C(Cl)(Cl)Cl. The summed E-state index contributed by atoms with van der Waals surface area (Å²) in [6.07, 6.45) is 3.03. The van der Waals surface area contributed by atoms with Crippen LogP contribution in [-0.2, 0) is 9.47 Å². The molecule has 0 amide bonds. The number of halogens is 4. The summed E-state index contributed by atoms with van der Waals surface area (Å²) in [5.41, 5.74) is 0. The van der Waals surface area contributed by atoms with Crippen LogP contribution in [0.1, 0.15) is 26.2 Å². The summed E-state index contributed by atoms with van der Waals surface area (Å²) < 4.78 is 8.93. The van der Waals surface area contributed by atoms with Gasteiger partial charge in [0.2, 0.25) is 14.6 Å². The van der Waals surface area contributed by atoms with Crippen molar-refractivity contribution in [3.63, 3.8) is 0 Å². The van der Waals surface area contributed by atoms with Crippen molar-refractivity contribution < 1.29 is 9.47 Å². The Morgan fingerprint density at radius 3 is 2.43 bits per heavy atom. The molecule has 0 aromatic carbocycles. The van der Waals surface area contributed by atoms with Crippen LogP contribution in [0.4, 0.5) is 0 Å². The monoisotopic (exact) mass is 278 g/mol. The van der Waals surface area contributed by atoms with E-state index >= 15 is 0 Å². The fourth-order valence-electron chi connectivity index (χ4n) is 1.63. The van der Waals surface area contributed by atoms with Crippen LogP contribution in [-0.4, -0.2) is 20.7 Å². The molecule has 14 heavy (non-hydrogen) atoms. The van der Waals surface area contributed by atoms with Crippen LogP contribution in [0.2, 0.25) is 0 Å². The average Bonchev–Trinajstić information content (AvgIpc) is 2.88. The van der Waals surface area contributed by atoms with Crippen molar-refractivity contribution in [1.82, 2.24) is 0 Å². The van der Waals surface area contributed by atoms with E-state index in [0.29, 0.717) is 0 Å². The highest BCUT2D eigenvalue weighted by molar-refractivity contribution is 6.71. The predicted octanol–water partition coefficient (Wildman–Crippen LogP) is 3.61. The van der Waals surface area contributed by atoms with Crippen molar-refractivity contribution in [2.75, 3.05) is 0 Å². The number of epoxide rings is 2. The van der Waals surface area contributed by atoms with Gasteiger partial charge in [0.25, 0.3) is 0 Å². The molecule has 2 aliphatic rings. The highest BCUT2D eigenvalue weighted by atomic mass is 35.6. The molecule has 1 spiro atoms. The molecule has 0 radical (unpaired) electrons. The molecule has 6 heteroatoms. The van der Waals surface area contributed by atoms with Crippen LogP contribution in [0.3, 0.4) is 0 Å². The first kappa shape index (κ1) is 11.6. The molecule has 0 bridgehead atoms. The fraction of sp³-hybridized carbons (Fsp3) is 1.00. The number of alkyl halides is 4. The van der Waals surface area contributed by atoms with Crippen molar-refractivity contribution in [3.8, 4) is 0 Å². The second-order valence-electron chi connectivity index (χ2n) is 3.61. The third-order valence-electron chi connectivity index (χ3n) is 2.57. The second-order valence-corrected chi connectivity index (χ2v) is 6.42. The first-order chi connectivity index (χ1) is 6.37. The molecular weight excluding hydrogens is 270 g/mol. The van der Waals surface area contributed by atoms with E-state index < -0.39 is 14.6 Å². The number of ether oxygens (including phenoxy) is 2. The van der Waals surface area contributed by atoms with Crippen LogP contribution in [0.5, 0.6) is 0 Å². The Labute approximate surface area is 103 Å². The minimum absolute atomic E-state index is 0.0180. The standard InChI is InChI=1S/C8H10Cl4O2/c1-2-3-4-5-6(13-5)7(9,14-6)8(10,11)12/h5H,2-4H2,1H3. The molecular formula is C8H10Cl4O2. The predicted molar refractivity (Wildman–Crippen MR) is 57.1 cm³/mol. The van der Waals surface area contributed by atoms with Gasteiger partial charge in [0.15, 0.2) is 0 Å². The van der Waals surface area contributed by atoms with E-state index in [9.17, 15) is 0 Å². The highest BCUT2D eigenvalue weighted by Crippen LogP contribution is 2.73. The van der Waals surface area contributed by atoms with Gasteiger partial charge in [-0.15, -0.1) is 0 Å². The van der Waals surface area contributed by atoms with E-state index in [1.165, 1.54) is 0 Å². The molecule has 2 saturated heterocycles. The summed E-state index contributed by atoms with van der Waals surface area (Å²) in [5, 5.41) is -1.29. The van der Waals surface area contributed by atoms with Gasteiger partial charge in [-0.05, 0) is 6.42 Å². The smallest absolute Gasteiger partial charge is 0.248 e. The van der Waals surface area contributed by atoms with Crippen LogP contribution in [0.25, 0.3) is 0 Å². The van der Waals surface area contributed by atoms with Crippen LogP contribution >= 0.6 is 46.4 Å². The van der Waals surface area contributed by atoms with Gasteiger partial charge in [0, 0.05) is 0 Å². The topological polar surface area (TPSA) is 25.1 Å². The van der Waals surface area contributed by atoms with Gasteiger partial charge >= 0.3 is 0 Å². The van der Waals surface area contributed by atoms with E-state index in [0.717, 1.165) is 19.3 Å². The maximum Gasteiger partial charge on any atom is 0.248 e. The zero-order chi connectivity index (χ0) is 10.6. The van der Waals surface area contributed by atoms with Gasteiger partial charge < -0.3 is 9.47 Å². The molecule has 82 valence electrons. The molecule has 2 fully saturated rings. The van der Waals surface area contributed by atoms with Gasteiger partial charge in [0.05, 0.1) is 0 Å². The lowest BCUT2D eigenvalue weighted by atomic mass is 10.1. The molecule has 2 heterocycles. The number of hydrogen-bond donors (Lipinski definition) is 0. The molecule has 0 aromatic rings.